The number of benzene rings is 1. The number of ether oxygens (including phenoxy) is 2. The maximum Gasteiger partial charge on any atom is 0.229 e. The first-order valence-corrected chi connectivity index (χ1v) is 10.0. The summed E-state index contributed by atoms with van der Waals surface area (Å²) in [7, 11) is 3.52. The van der Waals surface area contributed by atoms with Crippen LogP contribution in [0.1, 0.15) is 26.0 Å². The Balaban J connectivity index is 1.72. The van der Waals surface area contributed by atoms with Crippen LogP contribution < -0.4 is 20.1 Å². The van der Waals surface area contributed by atoms with Crippen LogP contribution in [-0.2, 0) is 6.42 Å². The molecule has 1 aliphatic rings. The molecule has 0 aliphatic carbocycles. The maximum absolute atomic E-state index is 6.13. The van der Waals surface area contributed by atoms with E-state index in [9.17, 15) is 0 Å². The second kappa shape index (κ2) is 9.59. The van der Waals surface area contributed by atoms with E-state index < -0.39 is 0 Å². The van der Waals surface area contributed by atoms with Gasteiger partial charge in [-0.25, -0.2) is 4.98 Å². The fourth-order valence-corrected chi connectivity index (χ4v) is 3.40. The molecule has 152 valence electrons. The molecular formula is C21H31N5O2. The highest BCUT2D eigenvalue weighted by atomic mass is 16.5. The average molecular weight is 386 g/mol. The largest absolute Gasteiger partial charge is 0.493 e. The molecule has 0 amide bonds. The van der Waals surface area contributed by atoms with E-state index in [2.05, 4.69) is 39.3 Å². The van der Waals surface area contributed by atoms with E-state index in [1.165, 1.54) is 6.42 Å². The van der Waals surface area contributed by atoms with Gasteiger partial charge in [0.15, 0.2) is 11.5 Å². The Bertz CT molecular complexity index is 761. The lowest BCUT2D eigenvalue weighted by Gasteiger charge is -2.16. The Hall–Kier alpha value is -2.54. The molecule has 3 rings (SSSR count). The Kier molecular flexibility index (Phi) is 6.92. The van der Waals surface area contributed by atoms with Gasteiger partial charge >= 0.3 is 0 Å². The minimum Gasteiger partial charge on any atom is -0.493 e. The normalized spacial score (nSPS) is 16.8. The number of rotatable bonds is 9. The standard InChI is InChI=1S/C21H31N5O2/c1-5-16-12-20(22-3)25-21(23-16)24-17-7-8-18(27-4)19(11-17)28-14-15-9-10-26(6-2)13-15/h7-8,11-12,15H,5-6,9-10,13-14H2,1-4H3,(H2,22,23,24,25)/t15-/m1/s1. The van der Waals surface area contributed by atoms with Crippen LogP contribution in [0.25, 0.3) is 0 Å². The van der Waals surface area contributed by atoms with Crippen molar-refractivity contribution >= 4 is 17.5 Å². The number of likely N-dealkylation sites (tertiary alicyclic amines) is 1. The highest BCUT2D eigenvalue weighted by molar-refractivity contribution is 5.60. The summed E-state index contributed by atoms with van der Waals surface area (Å²) < 4.78 is 11.6. The fourth-order valence-electron chi connectivity index (χ4n) is 3.40. The van der Waals surface area contributed by atoms with Crippen LogP contribution in [0.4, 0.5) is 17.5 Å². The SMILES string of the molecule is CCc1cc(NC)nc(Nc2ccc(OC)c(OC[C@@H]3CCN(CC)C3)c2)n1. The van der Waals surface area contributed by atoms with Gasteiger partial charge in [0.25, 0.3) is 0 Å². The Morgan fingerprint density at radius 3 is 2.71 bits per heavy atom. The third-order valence-electron chi connectivity index (χ3n) is 5.11. The zero-order valence-corrected chi connectivity index (χ0v) is 17.3. The molecule has 7 nitrogen and oxygen atoms in total. The Labute approximate surface area is 167 Å². The molecule has 2 heterocycles. The van der Waals surface area contributed by atoms with Crippen molar-refractivity contribution < 1.29 is 9.47 Å². The van der Waals surface area contributed by atoms with Gasteiger partial charge in [0, 0.05) is 43.0 Å². The number of aryl methyl sites for hydroxylation is 1. The number of hydrogen-bond donors (Lipinski definition) is 2. The van der Waals surface area contributed by atoms with Gasteiger partial charge in [-0.15, -0.1) is 0 Å². The predicted molar refractivity (Wildman–Crippen MR) is 113 cm³/mol. The first-order chi connectivity index (χ1) is 13.6. The Morgan fingerprint density at radius 2 is 2.04 bits per heavy atom. The van der Waals surface area contributed by atoms with E-state index in [4.69, 9.17) is 9.47 Å². The van der Waals surface area contributed by atoms with Gasteiger partial charge < -0.3 is 25.0 Å². The summed E-state index contributed by atoms with van der Waals surface area (Å²) in [6, 6.07) is 7.76. The molecule has 1 fully saturated rings. The van der Waals surface area contributed by atoms with Crippen LogP contribution in [0.5, 0.6) is 11.5 Å². The zero-order valence-electron chi connectivity index (χ0n) is 17.3. The van der Waals surface area contributed by atoms with Crippen molar-refractivity contribution in [1.82, 2.24) is 14.9 Å². The fraction of sp³-hybridized carbons (Fsp3) is 0.524. The molecule has 1 atom stereocenters. The van der Waals surface area contributed by atoms with Crippen LogP contribution in [0, 0.1) is 5.92 Å². The van der Waals surface area contributed by atoms with E-state index in [0.717, 1.165) is 54.8 Å². The smallest absolute Gasteiger partial charge is 0.229 e. The third kappa shape index (κ3) is 5.04. The van der Waals surface area contributed by atoms with Crippen LogP contribution >= 0.6 is 0 Å². The molecule has 0 radical (unpaired) electrons. The number of nitrogens with one attached hydrogen (secondary N) is 2. The minimum absolute atomic E-state index is 0.559. The van der Waals surface area contributed by atoms with E-state index in [-0.39, 0.29) is 0 Å². The van der Waals surface area contributed by atoms with Crippen molar-refractivity contribution in [2.75, 3.05) is 51.0 Å². The zero-order chi connectivity index (χ0) is 19.9. The molecule has 1 aromatic heterocycles. The summed E-state index contributed by atoms with van der Waals surface area (Å²) in [5.41, 5.74) is 1.85. The molecule has 2 aromatic rings. The van der Waals surface area contributed by atoms with Crippen molar-refractivity contribution in [2.45, 2.75) is 26.7 Å². The second-order valence-corrected chi connectivity index (χ2v) is 7.02. The molecule has 0 unspecified atom stereocenters. The molecule has 0 bridgehead atoms. The molecule has 1 aromatic carbocycles. The first kappa shape index (κ1) is 20.2. The molecule has 0 saturated carbocycles. The van der Waals surface area contributed by atoms with Gasteiger partial charge in [0.2, 0.25) is 5.95 Å². The molecule has 2 N–H and O–H groups in total. The molecule has 1 saturated heterocycles. The van der Waals surface area contributed by atoms with Gasteiger partial charge in [-0.3, -0.25) is 0 Å². The van der Waals surface area contributed by atoms with Crippen LogP contribution in [0.2, 0.25) is 0 Å². The highest BCUT2D eigenvalue weighted by Crippen LogP contribution is 2.32. The van der Waals surface area contributed by atoms with Crippen molar-refractivity contribution in [3.8, 4) is 11.5 Å². The van der Waals surface area contributed by atoms with Crippen molar-refractivity contribution in [1.29, 1.82) is 0 Å². The third-order valence-corrected chi connectivity index (χ3v) is 5.11. The van der Waals surface area contributed by atoms with E-state index in [0.29, 0.717) is 18.5 Å². The lowest BCUT2D eigenvalue weighted by Crippen LogP contribution is -2.21. The number of hydrogen-bond acceptors (Lipinski definition) is 7. The van der Waals surface area contributed by atoms with Gasteiger partial charge in [0.1, 0.15) is 5.82 Å². The van der Waals surface area contributed by atoms with Crippen LogP contribution in [0.3, 0.4) is 0 Å². The Morgan fingerprint density at radius 1 is 1.18 bits per heavy atom. The number of nitrogens with zero attached hydrogens (tertiary/aromatic N) is 3. The quantitative estimate of drug-likeness (QED) is 0.684. The van der Waals surface area contributed by atoms with E-state index >= 15 is 0 Å². The number of methoxy groups -OCH3 is 1. The summed E-state index contributed by atoms with van der Waals surface area (Å²) in [5, 5.41) is 6.36. The maximum atomic E-state index is 6.13. The lowest BCUT2D eigenvalue weighted by atomic mass is 10.1. The van der Waals surface area contributed by atoms with Crippen LogP contribution in [0.15, 0.2) is 24.3 Å². The van der Waals surface area contributed by atoms with Crippen molar-refractivity contribution in [2.24, 2.45) is 5.92 Å². The van der Waals surface area contributed by atoms with Gasteiger partial charge in [-0.05, 0) is 38.1 Å². The predicted octanol–water partition coefficient (Wildman–Crippen LogP) is 3.55. The highest BCUT2D eigenvalue weighted by Gasteiger charge is 2.22. The monoisotopic (exact) mass is 385 g/mol. The average Bonchev–Trinajstić information content (AvgIpc) is 3.20. The minimum atomic E-state index is 0.559. The topological polar surface area (TPSA) is 71.5 Å². The summed E-state index contributed by atoms with van der Waals surface area (Å²) >= 11 is 0. The summed E-state index contributed by atoms with van der Waals surface area (Å²) in [5.74, 6) is 3.39. The van der Waals surface area contributed by atoms with Crippen molar-refractivity contribution in [3.05, 3.63) is 30.0 Å². The molecule has 7 heteroatoms. The van der Waals surface area contributed by atoms with E-state index in [1.54, 1.807) is 7.11 Å². The van der Waals surface area contributed by atoms with Gasteiger partial charge in [0.05, 0.1) is 13.7 Å². The first-order valence-electron chi connectivity index (χ1n) is 10.0. The van der Waals surface area contributed by atoms with Crippen molar-refractivity contribution in [3.63, 3.8) is 0 Å². The lowest BCUT2D eigenvalue weighted by molar-refractivity contribution is 0.234. The number of aromatic nitrogens is 2. The number of anilines is 3. The second-order valence-electron chi connectivity index (χ2n) is 7.02. The van der Waals surface area contributed by atoms with Gasteiger partial charge in [-0.1, -0.05) is 13.8 Å². The van der Waals surface area contributed by atoms with Gasteiger partial charge in [-0.2, -0.15) is 4.98 Å². The van der Waals surface area contributed by atoms with Crippen LogP contribution in [-0.4, -0.2) is 55.3 Å². The summed E-state index contributed by atoms with van der Waals surface area (Å²) in [4.78, 5) is 11.5. The molecular weight excluding hydrogens is 354 g/mol. The molecule has 28 heavy (non-hydrogen) atoms. The summed E-state index contributed by atoms with van der Waals surface area (Å²) in [6.07, 6.45) is 2.03. The van der Waals surface area contributed by atoms with E-state index in [1.807, 2.05) is 31.3 Å². The molecule has 0 spiro atoms. The molecule has 1 aliphatic heterocycles. The summed E-state index contributed by atoms with van der Waals surface area (Å²) in [6.45, 7) is 8.33.